The Kier molecular flexibility index (Phi) is 8.83. The summed E-state index contributed by atoms with van der Waals surface area (Å²) in [6, 6.07) is 5.81. The van der Waals surface area contributed by atoms with Crippen LogP contribution in [0, 0.1) is 5.92 Å². The number of hydrogen-bond acceptors (Lipinski definition) is 5. The van der Waals surface area contributed by atoms with E-state index in [0.29, 0.717) is 19.0 Å². The molecule has 1 amide bonds. The van der Waals surface area contributed by atoms with Crippen LogP contribution >= 0.6 is 0 Å². The number of ether oxygens (including phenoxy) is 3. The molecule has 0 aromatic heterocycles. The molecule has 1 heterocycles. The number of benzene rings is 1. The van der Waals surface area contributed by atoms with E-state index in [4.69, 9.17) is 14.2 Å². The van der Waals surface area contributed by atoms with E-state index in [0.717, 1.165) is 49.0 Å². The molecule has 0 bridgehead atoms. The lowest BCUT2D eigenvalue weighted by Crippen LogP contribution is -2.47. The predicted octanol–water partition coefficient (Wildman–Crippen LogP) is 3.36. The number of likely N-dealkylation sites (tertiary alicyclic amines) is 1. The average Bonchev–Trinajstić information content (AvgIpc) is 2.73. The van der Waals surface area contributed by atoms with Crippen molar-refractivity contribution in [3.8, 4) is 11.5 Å². The summed E-state index contributed by atoms with van der Waals surface area (Å²) in [6.07, 6.45) is 1.81. The molecule has 1 atom stereocenters. The minimum Gasteiger partial charge on any atom is -0.497 e. The van der Waals surface area contributed by atoms with Crippen LogP contribution in [-0.4, -0.2) is 75.4 Å². The summed E-state index contributed by atoms with van der Waals surface area (Å²) in [5.74, 6) is 2.69. The Morgan fingerprint density at radius 3 is 2.65 bits per heavy atom. The van der Waals surface area contributed by atoms with Gasteiger partial charge >= 0.3 is 6.09 Å². The van der Waals surface area contributed by atoms with Crippen LogP contribution in [-0.2, 0) is 11.3 Å². The van der Waals surface area contributed by atoms with Gasteiger partial charge in [0.25, 0.3) is 0 Å². The molecule has 31 heavy (non-hydrogen) atoms. The highest BCUT2D eigenvalue weighted by molar-refractivity contribution is 5.79. The zero-order valence-electron chi connectivity index (χ0n) is 20.0. The first-order valence-corrected chi connectivity index (χ1v) is 10.8. The second kappa shape index (κ2) is 11.1. The zero-order valence-corrected chi connectivity index (χ0v) is 20.0. The highest BCUT2D eigenvalue weighted by atomic mass is 16.6. The quantitative estimate of drug-likeness (QED) is 0.547. The lowest BCUT2D eigenvalue weighted by molar-refractivity contribution is 0.0168. The lowest BCUT2D eigenvalue weighted by Gasteiger charge is -2.34. The van der Waals surface area contributed by atoms with Crippen molar-refractivity contribution < 1.29 is 19.0 Å². The largest absolute Gasteiger partial charge is 0.497 e. The first kappa shape index (κ1) is 24.6. The molecule has 0 saturated carbocycles. The van der Waals surface area contributed by atoms with Crippen LogP contribution in [0.5, 0.6) is 11.5 Å². The number of methoxy groups -OCH3 is 2. The number of rotatable bonds is 6. The van der Waals surface area contributed by atoms with Crippen LogP contribution in [0.25, 0.3) is 0 Å². The normalized spacial score (nSPS) is 17.2. The molecule has 0 spiro atoms. The van der Waals surface area contributed by atoms with Gasteiger partial charge in [0.05, 0.1) is 14.2 Å². The average molecular weight is 435 g/mol. The fraction of sp³-hybridized carbons (Fsp3) is 0.652. The Balaban J connectivity index is 1.92. The van der Waals surface area contributed by atoms with Crippen molar-refractivity contribution in [3.05, 3.63) is 23.8 Å². The van der Waals surface area contributed by atoms with E-state index in [-0.39, 0.29) is 6.09 Å². The maximum atomic E-state index is 12.4. The molecule has 1 fully saturated rings. The third-order valence-corrected chi connectivity index (χ3v) is 5.19. The maximum absolute atomic E-state index is 12.4. The first-order valence-electron chi connectivity index (χ1n) is 10.8. The van der Waals surface area contributed by atoms with Gasteiger partial charge in [0.1, 0.15) is 17.1 Å². The van der Waals surface area contributed by atoms with Crippen molar-refractivity contribution >= 4 is 12.1 Å². The second-order valence-electron chi connectivity index (χ2n) is 8.90. The fourth-order valence-electron chi connectivity index (χ4n) is 3.66. The van der Waals surface area contributed by atoms with Crippen LogP contribution < -0.4 is 14.8 Å². The summed E-state index contributed by atoms with van der Waals surface area (Å²) < 4.78 is 16.3. The highest BCUT2D eigenvalue weighted by Crippen LogP contribution is 2.25. The number of carbonyl (C=O) groups is 1. The summed E-state index contributed by atoms with van der Waals surface area (Å²) in [7, 11) is 7.07. The molecule has 1 aromatic carbocycles. The summed E-state index contributed by atoms with van der Waals surface area (Å²) in [5, 5.41) is 3.46. The molecule has 1 aromatic rings. The van der Waals surface area contributed by atoms with Gasteiger partial charge in [-0.1, -0.05) is 0 Å². The highest BCUT2D eigenvalue weighted by Gasteiger charge is 2.27. The fourth-order valence-corrected chi connectivity index (χ4v) is 3.66. The maximum Gasteiger partial charge on any atom is 0.410 e. The summed E-state index contributed by atoms with van der Waals surface area (Å²) in [5.41, 5.74) is 0.567. The van der Waals surface area contributed by atoms with E-state index in [9.17, 15) is 4.79 Å². The first-order chi connectivity index (χ1) is 14.7. The van der Waals surface area contributed by atoms with Gasteiger partial charge in [-0.3, -0.25) is 4.99 Å². The van der Waals surface area contributed by atoms with Crippen molar-refractivity contribution in [2.75, 3.05) is 47.9 Å². The molecule has 1 saturated heterocycles. The monoisotopic (exact) mass is 434 g/mol. The Morgan fingerprint density at radius 1 is 1.29 bits per heavy atom. The van der Waals surface area contributed by atoms with E-state index < -0.39 is 5.60 Å². The summed E-state index contributed by atoms with van der Waals surface area (Å²) in [4.78, 5) is 20.7. The van der Waals surface area contributed by atoms with Crippen LogP contribution in [0.4, 0.5) is 4.79 Å². The topological polar surface area (TPSA) is 75.6 Å². The van der Waals surface area contributed by atoms with E-state index in [1.54, 1.807) is 21.3 Å². The van der Waals surface area contributed by atoms with Crippen molar-refractivity contribution in [1.29, 1.82) is 0 Å². The number of piperidine rings is 1. The van der Waals surface area contributed by atoms with E-state index in [2.05, 4.69) is 15.2 Å². The number of nitrogens with one attached hydrogen (secondary N) is 1. The number of aliphatic imine (C=N–C) groups is 1. The SMILES string of the molecule is CN=C(NCC1CCCN(C(=O)OC(C)(C)C)C1)N(C)Cc1ccc(OC)cc1OC. The molecule has 1 unspecified atom stereocenters. The third-order valence-electron chi connectivity index (χ3n) is 5.19. The van der Waals surface area contributed by atoms with Crippen molar-refractivity contribution in [2.24, 2.45) is 10.9 Å². The summed E-state index contributed by atoms with van der Waals surface area (Å²) >= 11 is 0. The number of hydrogen-bond donors (Lipinski definition) is 1. The molecule has 1 aliphatic rings. The molecule has 1 aliphatic heterocycles. The molecular weight excluding hydrogens is 396 g/mol. The number of amides is 1. The smallest absolute Gasteiger partial charge is 0.410 e. The van der Waals surface area contributed by atoms with Gasteiger partial charge in [0.15, 0.2) is 5.96 Å². The van der Waals surface area contributed by atoms with Gasteiger partial charge in [0, 0.05) is 51.9 Å². The van der Waals surface area contributed by atoms with Crippen LogP contribution in [0.2, 0.25) is 0 Å². The van der Waals surface area contributed by atoms with Crippen molar-refractivity contribution in [2.45, 2.75) is 45.8 Å². The number of nitrogens with zero attached hydrogens (tertiary/aromatic N) is 3. The molecule has 174 valence electrons. The second-order valence-corrected chi connectivity index (χ2v) is 8.90. The van der Waals surface area contributed by atoms with Gasteiger partial charge in [-0.25, -0.2) is 4.79 Å². The Morgan fingerprint density at radius 2 is 2.03 bits per heavy atom. The van der Waals surface area contributed by atoms with Crippen LogP contribution in [0.1, 0.15) is 39.2 Å². The van der Waals surface area contributed by atoms with Gasteiger partial charge < -0.3 is 29.3 Å². The third kappa shape index (κ3) is 7.52. The summed E-state index contributed by atoms with van der Waals surface area (Å²) in [6.45, 7) is 8.51. The van der Waals surface area contributed by atoms with Crippen LogP contribution in [0.3, 0.4) is 0 Å². The molecular formula is C23H38N4O4. The molecule has 8 nitrogen and oxygen atoms in total. The minimum atomic E-state index is -0.477. The Hall–Kier alpha value is -2.64. The Labute approximate surface area is 186 Å². The van der Waals surface area contributed by atoms with Crippen LogP contribution in [0.15, 0.2) is 23.2 Å². The molecule has 2 rings (SSSR count). The molecule has 0 aliphatic carbocycles. The number of guanidine groups is 1. The van der Waals surface area contributed by atoms with Crippen molar-refractivity contribution in [1.82, 2.24) is 15.1 Å². The van der Waals surface area contributed by atoms with E-state index in [1.165, 1.54) is 0 Å². The van der Waals surface area contributed by atoms with E-state index >= 15 is 0 Å². The van der Waals surface area contributed by atoms with Gasteiger partial charge in [0.2, 0.25) is 0 Å². The molecule has 8 heteroatoms. The van der Waals surface area contributed by atoms with Crippen molar-refractivity contribution in [3.63, 3.8) is 0 Å². The minimum absolute atomic E-state index is 0.231. The molecule has 1 N–H and O–H groups in total. The Bertz CT molecular complexity index is 760. The standard InChI is InChI=1S/C23H38N4O4/c1-23(2,3)31-22(28)27-12-8-9-17(15-27)14-25-21(24-4)26(5)16-18-10-11-19(29-6)13-20(18)30-7/h10-11,13,17H,8-9,12,14-16H2,1-7H3,(H,24,25). The lowest BCUT2D eigenvalue weighted by atomic mass is 9.98. The number of carbonyl (C=O) groups excluding carboxylic acids is 1. The zero-order chi connectivity index (χ0) is 23.0. The van der Waals surface area contributed by atoms with E-state index in [1.807, 2.05) is 50.9 Å². The van der Waals surface area contributed by atoms with Gasteiger partial charge in [-0.05, 0) is 51.7 Å². The predicted molar refractivity (Wildman–Crippen MR) is 123 cm³/mol. The van der Waals surface area contributed by atoms with Gasteiger partial charge in [-0.15, -0.1) is 0 Å². The van der Waals surface area contributed by atoms with Gasteiger partial charge in [-0.2, -0.15) is 0 Å². The molecule has 0 radical (unpaired) electrons.